The number of hydrogen-bond donors (Lipinski definition) is 0. The predicted molar refractivity (Wildman–Crippen MR) is 78.0 cm³/mol. The Bertz CT molecular complexity index is 152. The highest BCUT2D eigenvalue weighted by molar-refractivity contribution is 4.42. The van der Waals surface area contributed by atoms with Crippen molar-refractivity contribution in [2.75, 3.05) is 59.5 Å². The van der Waals surface area contributed by atoms with Crippen molar-refractivity contribution in [1.82, 2.24) is 0 Å². The molecule has 0 bridgehead atoms. The Kier molecular flexibility index (Phi) is 18.6. The molecule has 4 nitrogen and oxygen atoms in total. The maximum atomic E-state index is 11.7. The van der Waals surface area contributed by atoms with Crippen LogP contribution >= 0.6 is 0 Å². The molecule has 0 aliphatic heterocycles. The van der Waals surface area contributed by atoms with E-state index in [-0.39, 0.29) is 6.61 Å². The lowest BCUT2D eigenvalue weighted by Gasteiger charge is -2.07. The molecule has 0 amide bonds. The van der Waals surface area contributed by atoms with Gasteiger partial charge in [-0.3, -0.25) is 0 Å². The topological polar surface area (TPSA) is 36.9 Å². The second kappa shape index (κ2) is 18.8. The molecule has 0 spiro atoms. The minimum absolute atomic E-state index is 0.148. The van der Waals surface area contributed by atoms with Gasteiger partial charge >= 0.3 is 0 Å². The first-order valence-corrected chi connectivity index (χ1v) is 7.78. The van der Waals surface area contributed by atoms with Gasteiger partial charge in [0.1, 0.15) is 6.67 Å². The van der Waals surface area contributed by atoms with Crippen LogP contribution in [0.2, 0.25) is 0 Å². The molecule has 0 aliphatic rings. The van der Waals surface area contributed by atoms with Gasteiger partial charge in [0.05, 0.1) is 46.2 Å². The molecule has 0 aliphatic carbocycles. The number of hydrogen-bond acceptors (Lipinski definition) is 4. The molecule has 0 heterocycles. The van der Waals surface area contributed by atoms with Crippen LogP contribution in [-0.4, -0.2) is 59.5 Å². The highest BCUT2D eigenvalue weighted by Crippen LogP contribution is 2.02. The lowest BCUT2D eigenvalue weighted by atomic mass is 10.2. The monoisotopic (exact) mass is 294 g/mol. The number of unbranched alkanes of at least 4 members (excludes halogenated alkanes) is 4. The summed E-state index contributed by atoms with van der Waals surface area (Å²) in [7, 11) is 0. The zero-order valence-corrected chi connectivity index (χ0v) is 12.9. The maximum absolute atomic E-state index is 11.7. The Morgan fingerprint density at radius 3 is 1.50 bits per heavy atom. The first-order valence-electron chi connectivity index (χ1n) is 7.78. The third-order valence-electron chi connectivity index (χ3n) is 2.73. The SMILES string of the molecule is CCCCCCCOCCOCCOCCOCCF. The molecule has 122 valence electrons. The third-order valence-corrected chi connectivity index (χ3v) is 2.73. The fourth-order valence-corrected chi connectivity index (χ4v) is 1.62. The molecule has 0 saturated carbocycles. The normalized spacial score (nSPS) is 11.1. The summed E-state index contributed by atoms with van der Waals surface area (Å²) >= 11 is 0. The molecule has 0 radical (unpaired) electrons. The summed E-state index contributed by atoms with van der Waals surface area (Å²) in [5.74, 6) is 0. The Balaban J connectivity index is 2.89. The lowest BCUT2D eigenvalue weighted by molar-refractivity contribution is -0.00328. The minimum Gasteiger partial charge on any atom is -0.379 e. The van der Waals surface area contributed by atoms with Crippen LogP contribution in [0.4, 0.5) is 4.39 Å². The van der Waals surface area contributed by atoms with E-state index in [1.54, 1.807) is 0 Å². The Hall–Kier alpha value is -0.230. The fraction of sp³-hybridized carbons (Fsp3) is 1.00. The van der Waals surface area contributed by atoms with Gasteiger partial charge in [-0.1, -0.05) is 32.6 Å². The smallest absolute Gasteiger partial charge is 0.113 e. The molecular weight excluding hydrogens is 263 g/mol. The highest BCUT2D eigenvalue weighted by Gasteiger charge is 1.93. The largest absolute Gasteiger partial charge is 0.379 e. The standard InChI is InChI=1S/C15H31FO4/c1-2-3-4-5-6-8-17-10-12-19-14-15-20-13-11-18-9-7-16/h2-15H2,1H3. The first kappa shape index (κ1) is 19.8. The number of alkyl halides is 1. The Labute approximate surface area is 122 Å². The summed E-state index contributed by atoms with van der Waals surface area (Å²) in [6.45, 7) is 6.02. The van der Waals surface area contributed by atoms with E-state index in [0.717, 1.165) is 13.0 Å². The molecule has 20 heavy (non-hydrogen) atoms. The molecule has 0 atom stereocenters. The average Bonchev–Trinajstić information content (AvgIpc) is 2.47. The zero-order chi connectivity index (χ0) is 14.7. The zero-order valence-electron chi connectivity index (χ0n) is 12.9. The molecule has 0 aromatic carbocycles. The number of ether oxygens (including phenoxy) is 4. The predicted octanol–water partition coefficient (Wildman–Crippen LogP) is 2.99. The van der Waals surface area contributed by atoms with Crippen LogP contribution in [0.5, 0.6) is 0 Å². The summed E-state index contributed by atoms with van der Waals surface area (Å²) in [4.78, 5) is 0. The molecule has 0 aromatic rings. The molecular formula is C15H31FO4. The molecule has 0 saturated heterocycles. The van der Waals surface area contributed by atoms with Crippen molar-refractivity contribution in [2.24, 2.45) is 0 Å². The molecule has 0 aromatic heterocycles. The van der Waals surface area contributed by atoms with E-state index >= 15 is 0 Å². The molecule has 0 unspecified atom stereocenters. The van der Waals surface area contributed by atoms with Crippen molar-refractivity contribution >= 4 is 0 Å². The van der Waals surface area contributed by atoms with Crippen LogP contribution in [0.25, 0.3) is 0 Å². The van der Waals surface area contributed by atoms with Crippen molar-refractivity contribution in [2.45, 2.75) is 39.0 Å². The molecule has 0 rings (SSSR count). The second-order valence-corrected chi connectivity index (χ2v) is 4.55. The van der Waals surface area contributed by atoms with E-state index in [9.17, 15) is 4.39 Å². The van der Waals surface area contributed by atoms with Gasteiger partial charge in [-0.25, -0.2) is 4.39 Å². The Morgan fingerprint density at radius 2 is 1.00 bits per heavy atom. The maximum Gasteiger partial charge on any atom is 0.113 e. The van der Waals surface area contributed by atoms with Gasteiger partial charge in [0.25, 0.3) is 0 Å². The van der Waals surface area contributed by atoms with Crippen LogP contribution in [0, 0.1) is 0 Å². The van der Waals surface area contributed by atoms with Crippen molar-refractivity contribution < 1.29 is 23.3 Å². The van der Waals surface area contributed by atoms with E-state index in [1.807, 2.05) is 0 Å². The minimum atomic E-state index is -0.443. The van der Waals surface area contributed by atoms with Crippen LogP contribution in [0.15, 0.2) is 0 Å². The Morgan fingerprint density at radius 1 is 0.550 bits per heavy atom. The number of halogens is 1. The van der Waals surface area contributed by atoms with Gasteiger partial charge in [-0.05, 0) is 6.42 Å². The van der Waals surface area contributed by atoms with Crippen LogP contribution in [-0.2, 0) is 18.9 Å². The average molecular weight is 294 g/mol. The van der Waals surface area contributed by atoms with E-state index in [4.69, 9.17) is 18.9 Å². The summed E-state index contributed by atoms with van der Waals surface area (Å²) < 4.78 is 32.7. The van der Waals surface area contributed by atoms with Gasteiger partial charge in [0.2, 0.25) is 0 Å². The molecule has 0 fully saturated rings. The van der Waals surface area contributed by atoms with Crippen molar-refractivity contribution in [3.05, 3.63) is 0 Å². The van der Waals surface area contributed by atoms with Gasteiger partial charge in [0.15, 0.2) is 0 Å². The molecule has 0 N–H and O–H groups in total. The van der Waals surface area contributed by atoms with Crippen LogP contribution < -0.4 is 0 Å². The number of rotatable bonds is 17. The summed E-state index contributed by atoms with van der Waals surface area (Å²) in [5.41, 5.74) is 0. The van der Waals surface area contributed by atoms with E-state index in [0.29, 0.717) is 39.6 Å². The van der Waals surface area contributed by atoms with Crippen LogP contribution in [0.1, 0.15) is 39.0 Å². The highest BCUT2D eigenvalue weighted by atomic mass is 19.1. The van der Waals surface area contributed by atoms with E-state index in [1.165, 1.54) is 25.7 Å². The van der Waals surface area contributed by atoms with Gasteiger partial charge in [-0.15, -0.1) is 0 Å². The van der Waals surface area contributed by atoms with Gasteiger partial charge in [-0.2, -0.15) is 0 Å². The van der Waals surface area contributed by atoms with Crippen molar-refractivity contribution in [1.29, 1.82) is 0 Å². The second-order valence-electron chi connectivity index (χ2n) is 4.55. The fourth-order valence-electron chi connectivity index (χ4n) is 1.62. The summed E-state index contributed by atoms with van der Waals surface area (Å²) in [5, 5.41) is 0. The van der Waals surface area contributed by atoms with Crippen molar-refractivity contribution in [3.8, 4) is 0 Å². The molecule has 5 heteroatoms. The first-order chi connectivity index (χ1) is 9.91. The van der Waals surface area contributed by atoms with E-state index in [2.05, 4.69) is 6.92 Å². The van der Waals surface area contributed by atoms with Crippen LogP contribution in [0.3, 0.4) is 0 Å². The van der Waals surface area contributed by atoms with Gasteiger partial charge in [0, 0.05) is 6.61 Å². The summed E-state index contributed by atoms with van der Waals surface area (Å²) in [6.07, 6.45) is 6.30. The quantitative estimate of drug-likeness (QED) is 0.386. The third kappa shape index (κ3) is 17.8. The summed E-state index contributed by atoms with van der Waals surface area (Å²) in [6, 6.07) is 0. The van der Waals surface area contributed by atoms with E-state index < -0.39 is 6.67 Å². The van der Waals surface area contributed by atoms with Crippen molar-refractivity contribution in [3.63, 3.8) is 0 Å². The van der Waals surface area contributed by atoms with Gasteiger partial charge < -0.3 is 18.9 Å². The lowest BCUT2D eigenvalue weighted by Crippen LogP contribution is -2.12.